The van der Waals surface area contributed by atoms with E-state index in [1.165, 1.54) is 0 Å². The smallest absolute Gasteiger partial charge is 0.255 e. The van der Waals surface area contributed by atoms with Crippen LogP contribution in [0.3, 0.4) is 0 Å². The van der Waals surface area contributed by atoms with E-state index in [0.717, 1.165) is 24.3 Å². The first-order chi connectivity index (χ1) is 12.4. The zero-order valence-corrected chi connectivity index (χ0v) is 16.1. The summed E-state index contributed by atoms with van der Waals surface area (Å²) < 4.78 is 0. The Morgan fingerprint density at radius 2 is 1.65 bits per heavy atom. The molecule has 26 heavy (non-hydrogen) atoms. The molecule has 0 heterocycles. The van der Waals surface area contributed by atoms with Gasteiger partial charge in [-0.05, 0) is 68.0 Å². The fraction of sp³-hybridized carbons (Fsp3) is 0.300. The molecule has 0 atom stereocenters. The molecule has 0 aliphatic heterocycles. The van der Waals surface area contributed by atoms with E-state index < -0.39 is 0 Å². The van der Waals surface area contributed by atoms with Crippen molar-refractivity contribution in [2.45, 2.75) is 20.8 Å². The average Bonchev–Trinajstić information content (AvgIpc) is 2.62. The number of nitrogens with one attached hydrogen (secondary N) is 2. The highest BCUT2D eigenvalue weighted by Gasteiger charge is 2.10. The molecule has 0 aliphatic carbocycles. The lowest BCUT2D eigenvalue weighted by molar-refractivity contribution is -0.117. The minimum Gasteiger partial charge on any atom is -0.325 e. The summed E-state index contributed by atoms with van der Waals surface area (Å²) in [6, 6.07) is 12.1. The fourth-order valence-corrected chi connectivity index (χ4v) is 2.65. The van der Waals surface area contributed by atoms with E-state index in [9.17, 15) is 9.59 Å². The highest BCUT2D eigenvalue weighted by molar-refractivity contribution is 6.30. The minimum atomic E-state index is -0.209. The van der Waals surface area contributed by atoms with Gasteiger partial charge < -0.3 is 10.6 Å². The van der Waals surface area contributed by atoms with Gasteiger partial charge in [0.1, 0.15) is 0 Å². The maximum Gasteiger partial charge on any atom is 0.255 e. The summed E-state index contributed by atoms with van der Waals surface area (Å²) in [5.74, 6) is -0.255. The third-order valence-electron chi connectivity index (χ3n) is 4.13. The summed E-state index contributed by atoms with van der Waals surface area (Å²) in [5.41, 5.74) is 2.83. The number of hydrogen-bond donors (Lipinski definition) is 2. The first-order valence-corrected chi connectivity index (χ1v) is 9.00. The largest absolute Gasteiger partial charge is 0.325 e. The Morgan fingerprint density at radius 1 is 1.00 bits per heavy atom. The van der Waals surface area contributed by atoms with Crippen LogP contribution < -0.4 is 10.6 Å². The Hall–Kier alpha value is -2.37. The van der Waals surface area contributed by atoms with Crippen molar-refractivity contribution in [3.8, 4) is 0 Å². The topological polar surface area (TPSA) is 61.4 Å². The van der Waals surface area contributed by atoms with Crippen LogP contribution in [0.5, 0.6) is 0 Å². The van der Waals surface area contributed by atoms with Crippen LogP contribution in [0.1, 0.15) is 29.8 Å². The first-order valence-electron chi connectivity index (χ1n) is 8.62. The second-order valence-corrected chi connectivity index (χ2v) is 6.44. The number of anilines is 2. The SMILES string of the molecule is CCN(CC)CC(=O)Nc1ccc(NC(=O)c2ccc(Cl)cc2)cc1C. The summed E-state index contributed by atoms with van der Waals surface area (Å²) in [4.78, 5) is 26.4. The van der Waals surface area contributed by atoms with Gasteiger partial charge in [0.2, 0.25) is 5.91 Å². The van der Waals surface area contributed by atoms with Crippen molar-refractivity contribution < 1.29 is 9.59 Å². The van der Waals surface area contributed by atoms with Crippen molar-refractivity contribution in [3.05, 3.63) is 58.6 Å². The van der Waals surface area contributed by atoms with Crippen molar-refractivity contribution in [1.29, 1.82) is 0 Å². The Morgan fingerprint density at radius 3 is 2.23 bits per heavy atom. The normalized spacial score (nSPS) is 10.7. The van der Waals surface area contributed by atoms with Gasteiger partial charge in [-0.3, -0.25) is 14.5 Å². The number of aryl methyl sites for hydroxylation is 1. The molecule has 0 radical (unpaired) electrons. The van der Waals surface area contributed by atoms with E-state index in [0.29, 0.717) is 22.8 Å². The third-order valence-corrected chi connectivity index (χ3v) is 4.38. The van der Waals surface area contributed by atoms with Gasteiger partial charge in [0, 0.05) is 22.0 Å². The van der Waals surface area contributed by atoms with Crippen LogP contribution in [-0.4, -0.2) is 36.3 Å². The summed E-state index contributed by atoms with van der Waals surface area (Å²) in [7, 11) is 0. The molecule has 138 valence electrons. The number of hydrogen-bond acceptors (Lipinski definition) is 3. The summed E-state index contributed by atoms with van der Waals surface area (Å²) >= 11 is 5.84. The molecule has 2 amide bonds. The number of carbonyl (C=O) groups excluding carboxylic acids is 2. The molecule has 0 unspecified atom stereocenters. The van der Waals surface area contributed by atoms with Gasteiger partial charge in [-0.1, -0.05) is 25.4 Å². The van der Waals surface area contributed by atoms with Gasteiger partial charge in [-0.2, -0.15) is 0 Å². The van der Waals surface area contributed by atoms with Crippen LogP contribution in [0.25, 0.3) is 0 Å². The van der Waals surface area contributed by atoms with Gasteiger partial charge in [0.15, 0.2) is 0 Å². The summed E-state index contributed by atoms with van der Waals surface area (Å²) in [6.07, 6.45) is 0. The lowest BCUT2D eigenvalue weighted by Gasteiger charge is -2.18. The molecule has 0 aliphatic rings. The molecule has 2 aromatic rings. The molecule has 0 fully saturated rings. The van der Waals surface area contributed by atoms with E-state index in [1.54, 1.807) is 36.4 Å². The molecule has 5 nitrogen and oxygen atoms in total. The van der Waals surface area contributed by atoms with Gasteiger partial charge >= 0.3 is 0 Å². The van der Waals surface area contributed by atoms with E-state index in [4.69, 9.17) is 11.6 Å². The van der Waals surface area contributed by atoms with Crippen molar-refractivity contribution in [2.75, 3.05) is 30.3 Å². The highest BCUT2D eigenvalue weighted by atomic mass is 35.5. The van der Waals surface area contributed by atoms with Crippen LogP contribution >= 0.6 is 11.6 Å². The number of carbonyl (C=O) groups is 2. The quantitative estimate of drug-likeness (QED) is 0.765. The number of rotatable bonds is 7. The molecule has 6 heteroatoms. The van der Waals surface area contributed by atoms with E-state index in [2.05, 4.69) is 10.6 Å². The molecular weight excluding hydrogens is 350 g/mol. The van der Waals surface area contributed by atoms with Crippen LogP contribution in [0.4, 0.5) is 11.4 Å². The molecule has 0 spiro atoms. The number of halogens is 1. The third kappa shape index (κ3) is 5.58. The van der Waals surface area contributed by atoms with Crippen molar-refractivity contribution in [2.24, 2.45) is 0 Å². The molecule has 0 saturated carbocycles. The van der Waals surface area contributed by atoms with Crippen LogP contribution in [0.15, 0.2) is 42.5 Å². The predicted molar refractivity (Wildman–Crippen MR) is 107 cm³/mol. The van der Waals surface area contributed by atoms with Gasteiger partial charge in [-0.25, -0.2) is 0 Å². The van der Waals surface area contributed by atoms with Gasteiger partial charge in [0.25, 0.3) is 5.91 Å². The molecular formula is C20H24ClN3O2. The van der Waals surface area contributed by atoms with Crippen molar-refractivity contribution in [3.63, 3.8) is 0 Å². The second kappa shape index (κ2) is 9.36. The van der Waals surface area contributed by atoms with E-state index in [-0.39, 0.29) is 11.8 Å². The van der Waals surface area contributed by atoms with Crippen molar-refractivity contribution >= 4 is 34.8 Å². The number of benzene rings is 2. The number of nitrogens with zero attached hydrogens (tertiary/aromatic N) is 1. The van der Waals surface area contributed by atoms with Crippen molar-refractivity contribution in [1.82, 2.24) is 4.90 Å². The average molecular weight is 374 g/mol. The molecule has 0 saturated heterocycles. The maximum atomic E-state index is 12.3. The van der Waals surface area contributed by atoms with E-state index >= 15 is 0 Å². The first kappa shape index (κ1) is 19.9. The maximum absolute atomic E-state index is 12.3. The highest BCUT2D eigenvalue weighted by Crippen LogP contribution is 2.20. The van der Waals surface area contributed by atoms with E-state index in [1.807, 2.05) is 31.7 Å². The Kier molecular flexibility index (Phi) is 7.18. The predicted octanol–water partition coefficient (Wildman–Crippen LogP) is 4.18. The zero-order valence-electron chi connectivity index (χ0n) is 15.3. The number of likely N-dealkylation sites (N-methyl/N-ethyl adjacent to an activating group) is 1. The Labute approximate surface area is 159 Å². The molecule has 2 rings (SSSR count). The van der Waals surface area contributed by atoms with Gasteiger partial charge in [0.05, 0.1) is 6.54 Å². The molecule has 0 bridgehead atoms. The summed E-state index contributed by atoms with van der Waals surface area (Å²) in [5, 5.41) is 6.35. The standard InChI is InChI=1S/C20H24ClN3O2/c1-4-24(5-2)13-19(25)23-18-11-10-17(12-14(18)3)22-20(26)15-6-8-16(21)9-7-15/h6-12H,4-5,13H2,1-3H3,(H,22,26)(H,23,25). The molecule has 2 N–H and O–H groups in total. The van der Waals surface area contributed by atoms with Crippen LogP contribution in [-0.2, 0) is 4.79 Å². The number of amides is 2. The Bertz CT molecular complexity index is 771. The Balaban J connectivity index is 2.01. The van der Waals surface area contributed by atoms with Crippen LogP contribution in [0, 0.1) is 6.92 Å². The van der Waals surface area contributed by atoms with Crippen LogP contribution in [0.2, 0.25) is 5.02 Å². The monoisotopic (exact) mass is 373 g/mol. The minimum absolute atomic E-state index is 0.0465. The fourth-order valence-electron chi connectivity index (χ4n) is 2.53. The summed E-state index contributed by atoms with van der Waals surface area (Å²) in [6.45, 7) is 7.98. The molecule has 2 aromatic carbocycles. The lowest BCUT2D eigenvalue weighted by atomic mass is 10.1. The van der Waals surface area contributed by atoms with Gasteiger partial charge in [-0.15, -0.1) is 0 Å². The zero-order chi connectivity index (χ0) is 19.1. The molecule has 0 aromatic heterocycles. The lowest BCUT2D eigenvalue weighted by Crippen LogP contribution is -2.33. The second-order valence-electron chi connectivity index (χ2n) is 6.00.